The van der Waals surface area contributed by atoms with Crippen LogP contribution >= 0.6 is 11.3 Å². The second-order valence-corrected chi connectivity index (χ2v) is 12.1. The Labute approximate surface area is 276 Å². The number of hydrogen-bond donors (Lipinski definition) is 0. The predicted molar refractivity (Wildman–Crippen MR) is 193 cm³/mol. The number of aromatic nitrogens is 2. The molecule has 0 radical (unpaired) electrons. The highest BCUT2D eigenvalue weighted by Gasteiger charge is 2.20. The summed E-state index contributed by atoms with van der Waals surface area (Å²) < 4.78 is 83.2. The standard InChI is InChI=1S/C42H26N2S/c1-2-12-27(13-3-1)29-23-25-39(41-33-17-7-11-21-40(33)45-42(29)41)44-37-20-10-6-16-32(37)34-26-28(22-24-38(34)44)43-35-18-8-4-14-30(35)31-15-5-9-19-36(31)43/h1-26H/i1D,2D,3D,4D,8D,12D,13D,14D,18D. The molecule has 0 spiro atoms. The summed E-state index contributed by atoms with van der Waals surface area (Å²) in [5.41, 5.74) is 5.42. The quantitative estimate of drug-likeness (QED) is 0.191. The van der Waals surface area contributed by atoms with Crippen molar-refractivity contribution in [1.82, 2.24) is 9.13 Å². The van der Waals surface area contributed by atoms with Gasteiger partial charge in [-0.3, -0.25) is 0 Å². The fourth-order valence-corrected chi connectivity index (χ4v) is 8.12. The molecule has 3 heteroatoms. The van der Waals surface area contributed by atoms with Crippen LogP contribution in [0.15, 0.2) is 158 Å². The summed E-state index contributed by atoms with van der Waals surface area (Å²) in [7, 11) is 0. The van der Waals surface area contributed by atoms with E-state index in [9.17, 15) is 0 Å². The van der Waals surface area contributed by atoms with Crippen LogP contribution in [-0.2, 0) is 0 Å². The predicted octanol–water partition coefficient (Wildman–Crippen LogP) is 11.9. The summed E-state index contributed by atoms with van der Waals surface area (Å²) in [4.78, 5) is 0. The van der Waals surface area contributed by atoms with Gasteiger partial charge in [0.25, 0.3) is 0 Å². The van der Waals surface area contributed by atoms with Gasteiger partial charge in [-0.2, -0.15) is 0 Å². The Hall–Kier alpha value is -5.64. The van der Waals surface area contributed by atoms with Crippen LogP contribution in [0.4, 0.5) is 0 Å². The third-order valence-corrected chi connectivity index (χ3v) is 9.94. The van der Waals surface area contributed by atoms with Gasteiger partial charge in [-0.1, -0.05) is 109 Å². The molecule has 0 fully saturated rings. The van der Waals surface area contributed by atoms with Gasteiger partial charge in [0.1, 0.15) is 0 Å². The third kappa shape index (κ3) is 3.50. The van der Waals surface area contributed by atoms with E-state index in [1.54, 1.807) is 0 Å². The van der Waals surface area contributed by atoms with Gasteiger partial charge in [0.05, 0.1) is 40.1 Å². The fourth-order valence-electron chi connectivity index (χ4n) is 6.88. The van der Waals surface area contributed by atoms with Crippen molar-refractivity contribution in [2.24, 2.45) is 0 Å². The molecule has 10 aromatic rings. The first-order valence-corrected chi connectivity index (χ1v) is 15.4. The lowest BCUT2D eigenvalue weighted by molar-refractivity contribution is 1.17. The first kappa shape index (κ1) is 17.6. The smallest absolute Gasteiger partial charge is 0.0645 e. The first-order valence-electron chi connectivity index (χ1n) is 19.1. The molecule has 0 unspecified atom stereocenters. The van der Waals surface area contributed by atoms with Crippen molar-refractivity contribution in [1.29, 1.82) is 0 Å². The molecule has 0 aliphatic heterocycles. The molecule has 0 saturated heterocycles. The van der Waals surface area contributed by atoms with Gasteiger partial charge >= 0.3 is 0 Å². The average molecular weight is 600 g/mol. The molecule has 210 valence electrons. The van der Waals surface area contributed by atoms with Gasteiger partial charge in [0, 0.05) is 47.4 Å². The molecule has 0 saturated carbocycles. The number of nitrogens with zero attached hydrogens (tertiary/aromatic N) is 2. The molecule has 3 aromatic heterocycles. The number of rotatable bonds is 3. The van der Waals surface area contributed by atoms with Gasteiger partial charge in [-0.05, 0) is 59.6 Å². The van der Waals surface area contributed by atoms with Crippen LogP contribution in [0, 0.1) is 0 Å². The molecule has 0 N–H and O–H groups in total. The lowest BCUT2D eigenvalue weighted by Gasteiger charge is -2.13. The summed E-state index contributed by atoms with van der Waals surface area (Å²) in [6, 6.07) is 31.3. The maximum atomic E-state index is 8.96. The Morgan fingerprint density at radius 2 is 1.16 bits per heavy atom. The van der Waals surface area contributed by atoms with Crippen LogP contribution in [0.25, 0.3) is 86.3 Å². The third-order valence-electron chi connectivity index (χ3n) is 8.73. The molecule has 0 amide bonds. The maximum Gasteiger partial charge on any atom is 0.0645 e. The Balaban J connectivity index is 1.30. The summed E-state index contributed by atoms with van der Waals surface area (Å²) in [5, 5.41) is 5.04. The van der Waals surface area contributed by atoms with E-state index in [1.807, 2.05) is 83.4 Å². The van der Waals surface area contributed by atoms with Crippen LogP contribution < -0.4 is 0 Å². The molecule has 7 aromatic carbocycles. The minimum absolute atomic E-state index is 0.0716. The highest BCUT2D eigenvalue weighted by atomic mass is 32.1. The number of fused-ring (bicyclic) bond motifs is 9. The second kappa shape index (κ2) is 9.43. The zero-order valence-corrected chi connectivity index (χ0v) is 24.4. The van der Waals surface area contributed by atoms with Crippen LogP contribution in [0.1, 0.15) is 12.3 Å². The summed E-state index contributed by atoms with van der Waals surface area (Å²) in [5.74, 6) is 0. The van der Waals surface area contributed by atoms with E-state index >= 15 is 0 Å². The minimum atomic E-state index is -0.427. The monoisotopic (exact) mass is 599 g/mol. The first-order chi connectivity index (χ1) is 26.1. The highest BCUT2D eigenvalue weighted by molar-refractivity contribution is 7.26. The molecule has 45 heavy (non-hydrogen) atoms. The van der Waals surface area contributed by atoms with E-state index < -0.39 is 6.04 Å². The van der Waals surface area contributed by atoms with E-state index in [4.69, 9.17) is 12.3 Å². The molecule has 0 aliphatic rings. The Morgan fingerprint density at radius 1 is 0.489 bits per heavy atom. The summed E-state index contributed by atoms with van der Waals surface area (Å²) >= 11 is 1.53. The van der Waals surface area contributed by atoms with Crippen LogP contribution in [0.2, 0.25) is 0 Å². The second-order valence-electron chi connectivity index (χ2n) is 11.1. The maximum absolute atomic E-state index is 8.96. The Morgan fingerprint density at radius 3 is 2.00 bits per heavy atom. The summed E-state index contributed by atoms with van der Waals surface area (Å²) in [6.07, 6.45) is 0. The summed E-state index contributed by atoms with van der Waals surface area (Å²) in [6.45, 7) is 0. The van der Waals surface area contributed by atoms with Crippen molar-refractivity contribution >= 4 is 75.1 Å². The topological polar surface area (TPSA) is 9.86 Å². The van der Waals surface area contributed by atoms with Crippen molar-refractivity contribution in [3.05, 3.63) is 158 Å². The van der Waals surface area contributed by atoms with Gasteiger partial charge in [0.2, 0.25) is 0 Å². The van der Waals surface area contributed by atoms with Crippen molar-refractivity contribution in [2.45, 2.75) is 0 Å². The van der Waals surface area contributed by atoms with Crippen LogP contribution in [0.3, 0.4) is 0 Å². The van der Waals surface area contributed by atoms with Crippen molar-refractivity contribution < 1.29 is 12.3 Å². The van der Waals surface area contributed by atoms with Gasteiger partial charge in [-0.15, -0.1) is 11.3 Å². The van der Waals surface area contributed by atoms with E-state index in [-0.39, 0.29) is 53.9 Å². The number of hydrogen-bond acceptors (Lipinski definition) is 1. The number of benzene rings is 7. The molecule has 3 heterocycles. The van der Waals surface area contributed by atoms with Crippen LogP contribution in [-0.4, -0.2) is 9.13 Å². The highest BCUT2D eigenvalue weighted by Crippen LogP contribution is 2.45. The van der Waals surface area contributed by atoms with Crippen molar-refractivity contribution in [3.8, 4) is 22.5 Å². The molecular formula is C42H26N2S. The fraction of sp³-hybridized carbons (Fsp3) is 0. The van der Waals surface area contributed by atoms with Gasteiger partial charge < -0.3 is 9.13 Å². The van der Waals surface area contributed by atoms with Gasteiger partial charge in [0.15, 0.2) is 0 Å². The van der Waals surface area contributed by atoms with Crippen molar-refractivity contribution in [3.63, 3.8) is 0 Å². The molecular weight excluding hydrogens is 565 g/mol. The molecule has 10 rings (SSSR count). The van der Waals surface area contributed by atoms with E-state index in [2.05, 4.69) is 28.8 Å². The number of para-hydroxylation sites is 3. The largest absolute Gasteiger partial charge is 0.309 e. The Bertz CT molecular complexity index is 3260. The van der Waals surface area contributed by atoms with Crippen molar-refractivity contribution in [2.75, 3.05) is 0 Å². The Kier molecular flexibility index (Phi) is 3.69. The van der Waals surface area contributed by atoms with Crippen LogP contribution in [0.5, 0.6) is 0 Å². The average Bonchev–Trinajstić information content (AvgIpc) is 3.86. The van der Waals surface area contributed by atoms with Gasteiger partial charge in [-0.25, -0.2) is 0 Å². The minimum Gasteiger partial charge on any atom is -0.309 e. The lowest BCUT2D eigenvalue weighted by Crippen LogP contribution is -1.97. The van der Waals surface area contributed by atoms with E-state index in [1.165, 1.54) is 11.3 Å². The zero-order valence-electron chi connectivity index (χ0n) is 32.6. The van der Waals surface area contributed by atoms with E-state index in [0.717, 1.165) is 64.3 Å². The zero-order chi connectivity index (χ0) is 37.3. The molecule has 2 nitrogen and oxygen atoms in total. The lowest BCUT2D eigenvalue weighted by atomic mass is 10.0. The normalized spacial score (nSPS) is 14.8. The molecule has 0 atom stereocenters. The molecule has 0 aliphatic carbocycles. The number of thiophene rings is 1. The molecule has 0 bridgehead atoms. The SMILES string of the molecule is [2H]c1c([2H])c([2H])c(-c2ccc(-n3c4ccccc4c4cc(-n5c6ccccc6c6c([2H])c([2H])c([2H])c([2H])c65)ccc43)c3c2sc2ccccc23)c([2H])c1[2H]. The van der Waals surface area contributed by atoms with E-state index in [0.29, 0.717) is 16.5 Å².